The van der Waals surface area contributed by atoms with Gasteiger partial charge in [-0.15, -0.1) is 0 Å². The molecule has 0 spiro atoms. The van der Waals surface area contributed by atoms with Crippen molar-refractivity contribution in [3.8, 4) is 5.69 Å². The molecule has 110 valence electrons. The van der Waals surface area contributed by atoms with Crippen molar-refractivity contribution in [1.82, 2.24) is 9.55 Å². The fourth-order valence-corrected chi connectivity index (χ4v) is 2.50. The first-order valence-corrected chi connectivity index (χ1v) is 7.31. The van der Waals surface area contributed by atoms with Crippen LogP contribution in [0.5, 0.6) is 0 Å². The Morgan fingerprint density at radius 2 is 1.81 bits per heavy atom. The fraction of sp³-hybridized carbons (Fsp3) is 0.400. The second kappa shape index (κ2) is 4.87. The van der Waals surface area contributed by atoms with Gasteiger partial charge < -0.3 is 13.9 Å². The molecule has 4 nitrogen and oxygen atoms in total. The summed E-state index contributed by atoms with van der Waals surface area (Å²) in [4.78, 5) is 4.09. The van der Waals surface area contributed by atoms with E-state index in [0.717, 1.165) is 11.2 Å². The lowest BCUT2D eigenvalue weighted by Gasteiger charge is -2.32. The van der Waals surface area contributed by atoms with E-state index in [1.54, 1.807) is 12.5 Å². The molecule has 0 aliphatic carbocycles. The first-order valence-electron chi connectivity index (χ1n) is 6.94. The SMILES string of the molecule is CC1(C)OB(c2cc(Cl)ccc2-n2ccnc2)OC1(C)C. The van der Waals surface area contributed by atoms with Crippen LogP contribution in [0.15, 0.2) is 36.9 Å². The van der Waals surface area contributed by atoms with Gasteiger partial charge in [0.15, 0.2) is 0 Å². The van der Waals surface area contributed by atoms with E-state index in [1.807, 2.05) is 56.7 Å². The molecule has 1 aromatic carbocycles. The van der Waals surface area contributed by atoms with Crippen LogP contribution in [-0.2, 0) is 9.31 Å². The van der Waals surface area contributed by atoms with Gasteiger partial charge in [-0.3, -0.25) is 0 Å². The molecule has 1 fully saturated rings. The minimum Gasteiger partial charge on any atom is -0.399 e. The summed E-state index contributed by atoms with van der Waals surface area (Å²) in [6, 6.07) is 5.69. The van der Waals surface area contributed by atoms with Crippen LogP contribution >= 0.6 is 11.6 Å². The molecule has 0 bridgehead atoms. The summed E-state index contributed by atoms with van der Waals surface area (Å²) < 4.78 is 14.2. The summed E-state index contributed by atoms with van der Waals surface area (Å²) in [5, 5.41) is 0.656. The van der Waals surface area contributed by atoms with E-state index in [9.17, 15) is 0 Å². The summed E-state index contributed by atoms with van der Waals surface area (Å²) in [5.41, 5.74) is 1.09. The van der Waals surface area contributed by atoms with Crippen LogP contribution in [-0.4, -0.2) is 27.9 Å². The van der Waals surface area contributed by atoms with Gasteiger partial charge in [0.25, 0.3) is 0 Å². The van der Waals surface area contributed by atoms with Crippen molar-refractivity contribution in [2.75, 3.05) is 0 Å². The van der Waals surface area contributed by atoms with Crippen molar-refractivity contribution >= 4 is 24.2 Å². The third-order valence-electron chi connectivity index (χ3n) is 4.28. The van der Waals surface area contributed by atoms with E-state index < -0.39 is 7.12 Å². The first-order chi connectivity index (χ1) is 9.80. The van der Waals surface area contributed by atoms with Gasteiger partial charge >= 0.3 is 7.12 Å². The molecule has 1 aromatic heterocycles. The van der Waals surface area contributed by atoms with Crippen molar-refractivity contribution in [3.05, 3.63) is 41.9 Å². The molecule has 21 heavy (non-hydrogen) atoms. The molecule has 2 heterocycles. The molecule has 0 amide bonds. The number of halogens is 1. The maximum atomic E-state index is 6.16. The van der Waals surface area contributed by atoms with Gasteiger partial charge in [0, 0.05) is 28.6 Å². The molecule has 0 unspecified atom stereocenters. The number of nitrogens with zero attached hydrogens (tertiary/aromatic N) is 2. The van der Waals surface area contributed by atoms with E-state index in [4.69, 9.17) is 20.9 Å². The maximum absolute atomic E-state index is 6.16. The van der Waals surface area contributed by atoms with E-state index in [0.29, 0.717) is 5.02 Å². The Balaban J connectivity index is 2.05. The normalized spacial score (nSPS) is 20.0. The van der Waals surface area contributed by atoms with Crippen LogP contribution < -0.4 is 5.46 Å². The lowest BCUT2D eigenvalue weighted by molar-refractivity contribution is 0.00578. The molecule has 0 atom stereocenters. The Morgan fingerprint density at radius 1 is 1.14 bits per heavy atom. The number of hydrogen-bond donors (Lipinski definition) is 0. The molecule has 1 saturated heterocycles. The molecular formula is C15H18BClN2O2. The summed E-state index contributed by atoms with van der Waals surface area (Å²) in [6.45, 7) is 8.14. The van der Waals surface area contributed by atoms with Crippen LogP contribution in [0.1, 0.15) is 27.7 Å². The van der Waals surface area contributed by atoms with E-state index in [2.05, 4.69) is 4.98 Å². The van der Waals surface area contributed by atoms with E-state index in [1.165, 1.54) is 0 Å². The van der Waals surface area contributed by atoms with Gasteiger partial charge in [0.2, 0.25) is 0 Å². The van der Waals surface area contributed by atoms with Gasteiger partial charge in [-0.1, -0.05) is 11.6 Å². The molecule has 0 N–H and O–H groups in total. The number of benzene rings is 1. The van der Waals surface area contributed by atoms with Crippen LogP contribution in [0.2, 0.25) is 5.02 Å². The third kappa shape index (κ3) is 2.50. The zero-order chi connectivity index (χ0) is 15.3. The first kappa shape index (κ1) is 14.6. The minimum absolute atomic E-state index is 0.383. The van der Waals surface area contributed by atoms with Gasteiger partial charge in [0.1, 0.15) is 0 Å². The van der Waals surface area contributed by atoms with Crippen LogP contribution in [0.3, 0.4) is 0 Å². The summed E-state index contributed by atoms with van der Waals surface area (Å²) in [6.07, 6.45) is 5.37. The van der Waals surface area contributed by atoms with Crippen molar-refractivity contribution in [1.29, 1.82) is 0 Å². The molecule has 1 aliphatic rings. The quantitative estimate of drug-likeness (QED) is 0.801. The zero-order valence-corrected chi connectivity index (χ0v) is 13.4. The van der Waals surface area contributed by atoms with Gasteiger partial charge in [-0.25, -0.2) is 4.98 Å². The van der Waals surface area contributed by atoms with Crippen molar-refractivity contribution in [2.45, 2.75) is 38.9 Å². The molecule has 3 rings (SSSR count). The topological polar surface area (TPSA) is 36.3 Å². The number of rotatable bonds is 2. The molecule has 2 aromatic rings. The predicted molar refractivity (Wildman–Crippen MR) is 84.3 cm³/mol. The Kier molecular flexibility index (Phi) is 3.39. The van der Waals surface area contributed by atoms with Crippen LogP contribution in [0.4, 0.5) is 0 Å². The summed E-state index contributed by atoms with van der Waals surface area (Å²) in [7, 11) is -0.453. The lowest BCUT2D eigenvalue weighted by Crippen LogP contribution is -2.41. The fourth-order valence-electron chi connectivity index (χ4n) is 2.32. The largest absolute Gasteiger partial charge is 0.497 e. The Hall–Kier alpha value is -1.30. The van der Waals surface area contributed by atoms with E-state index in [-0.39, 0.29) is 11.2 Å². The van der Waals surface area contributed by atoms with Gasteiger partial charge in [-0.2, -0.15) is 0 Å². The standard InChI is InChI=1S/C15H18BClN2O2/c1-14(2)15(3,4)21-16(20-14)12-9-11(17)5-6-13(12)19-8-7-18-10-19/h5-10H,1-4H3. The highest BCUT2D eigenvalue weighted by atomic mass is 35.5. The van der Waals surface area contributed by atoms with Crippen molar-refractivity contribution in [3.63, 3.8) is 0 Å². The molecule has 0 radical (unpaired) electrons. The summed E-state index contributed by atoms with van der Waals surface area (Å²) >= 11 is 6.16. The number of aromatic nitrogens is 2. The molecule has 0 saturated carbocycles. The Morgan fingerprint density at radius 3 is 2.38 bits per heavy atom. The van der Waals surface area contributed by atoms with Crippen LogP contribution in [0, 0.1) is 0 Å². The average molecular weight is 305 g/mol. The van der Waals surface area contributed by atoms with Gasteiger partial charge in [-0.05, 0) is 45.9 Å². The highest BCUT2D eigenvalue weighted by Crippen LogP contribution is 2.37. The Labute approximate surface area is 130 Å². The number of imidazole rings is 1. The molecule has 6 heteroatoms. The minimum atomic E-state index is -0.453. The molecular weight excluding hydrogens is 286 g/mol. The second-order valence-electron chi connectivity index (χ2n) is 6.26. The highest BCUT2D eigenvalue weighted by Gasteiger charge is 2.52. The smallest absolute Gasteiger partial charge is 0.399 e. The maximum Gasteiger partial charge on any atom is 0.497 e. The van der Waals surface area contributed by atoms with Gasteiger partial charge in [0.05, 0.1) is 17.5 Å². The highest BCUT2D eigenvalue weighted by molar-refractivity contribution is 6.63. The average Bonchev–Trinajstić information content (AvgIpc) is 2.97. The second-order valence-corrected chi connectivity index (χ2v) is 6.70. The van der Waals surface area contributed by atoms with Crippen molar-refractivity contribution in [2.24, 2.45) is 0 Å². The number of hydrogen-bond acceptors (Lipinski definition) is 3. The summed E-state index contributed by atoms with van der Waals surface area (Å²) in [5.74, 6) is 0. The van der Waals surface area contributed by atoms with Crippen molar-refractivity contribution < 1.29 is 9.31 Å². The van der Waals surface area contributed by atoms with E-state index >= 15 is 0 Å². The Bertz CT molecular complexity index is 640. The monoisotopic (exact) mass is 304 g/mol. The zero-order valence-electron chi connectivity index (χ0n) is 12.6. The lowest BCUT2D eigenvalue weighted by atomic mass is 9.77. The van der Waals surface area contributed by atoms with Crippen LogP contribution in [0.25, 0.3) is 5.69 Å². The third-order valence-corrected chi connectivity index (χ3v) is 4.51. The predicted octanol–water partition coefficient (Wildman–Crippen LogP) is 2.82. The molecule has 1 aliphatic heterocycles.